The number of nitrogens with zero attached hydrogens (tertiary/aromatic N) is 1. The van der Waals surface area contributed by atoms with Crippen LogP contribution in [0.3, 0.4) is 0 Å². The summed E-state index contributed by atoms with van der Waals surface area (Å²) in [6.45, 7) is 2.42. The number of carbonyl (C=O) groups excluding carboxylic acids is 2. The Bertz CT molecular complexity index is 1200. The number of ether oxygens (including phenoxy) is 1. The van der Waals surface area contributed by atoms with Gasteiger partial charge in [-0.3, -0.25) is 14.5 Å². The van der Waals surface area contributed by atoms with Crippen molar-refractivity contribution < 1.29 is 24.5 Å². The van der Waals surface area contributed by atoms with Crippen LogP contribution >= 0.6 is 0 Å². The lowest BCUT2D eigenvalue weighted by atomic mass is 9.69. The van der Waals surface area contributed by atoms with Gasteiger partial charge in [-0.05, 0) is 66.7 Å². The van der Waals surface area contributed by atoms with Gasteiger partial charge < -0.3 is 14.9 Å². The van der Waals surface area contributed by atoms with Crippen LogP contribution in [0, 0.1) is 17.8 Å². The van der Waals surface area contributed by atoms with Gasteiger partial charge in [0, 0.05) is 5.92 Å². The van der Waals surface area contributed by atoms with E-state index in [1.165, 1.54) is 10.5 Å². The number of amides is 2. The Morgan fingerprint density at radius 2 is 1.86 bits per heavy atom. The number of phenolic OH excluding ortho intramolecular Hbond substituents is 1. The van der Waals surface area contributed by atoms with Gasteiger partial charge in [0.15, 0.2) is 0 Å². The van der Waals surface area contributed by atoms with E-state index >= 15 is 0 Å². The highest BCUT2D eigenvalue weighted by Gasteiger charge is 2.57. The number of phenols is 1. The summed E-state index contributed by atoms with van der Waals surface area (Å²) in [4.78, 5) is 28.1. The van der Waals surface area contributed by atoms with Crippen molar-refractivity contribution in [2.45, 2.75) is 45.1 Å². The van der Waals surface area contributed by atoms with E-state index in [1.54, 1.807) is 24.3 Å². The Hall–Kier alpha value is -3.22. The average molecular weight is 488 g/mol. The molecular weight excluding hydrogens is 454 g/mol. The molecule has 6 nitrogen and oxygen atoms in total. The second kappa shape index (κ2) is 10.4. The molecule has 3 aliphatic rings. The molecule has 0 unspecified atom stereocenters. The molecule has 0 aromatic heterocycles. The van der Waals surface area contributed by atoms with Crippen LogP contribution in [0.4, 0.5) is 5.69 Å². The molecule has 0 spiro atoms. The predicted molar refractivity (Wildman–Crippen MR) is 138 cm³/mol. The van der Waals surface area contributed by atoms with Crippen LogP contribution in [-0.4, -0.2) is 41.3 Å². The van der Waals surface area contributed by atoms with Gasteiger partial charge in [-0.15, -0.1) is 0 Å². The Balaban J connectivity index is 1.37. The monoisotopic (exact) mass is 487 g/mol. The molecule has 6 heteroatoms. The van der Waals surface area contributed by atoms with Gasteiger partial charge >= 0.3 is 0 Å². The van der Waals surface area contributed by atoms with Crippen molar-refractivity contribution in [2.75, 3.05) is 18.1 Å². The molecule has 188 valence electrons. The number of rotatable bonds is 8. The number of imide groups is 1. The number of aromatic hydroxyl groups is 1. The molecule has 5 rings (SSSR count). The van der Waals surface area contributed by atoms with E-state index in [2.05, 4.69) is 13.0 Å². The minimum Gasteiger partial charge on any atom is -0.508 e. The maximum absolute atomic E-state index is 13.5. The van der Waals surface area contributed by atoms with E-state index in [4.69, 9.17) is 4.74 Å². The summed E-state index contributed by atoms with van der Waals surface area (Å²) in [5.41, 5.74) is 4.73. The summed E-state index contributed by atoms with van der Waals surface area (Å²) in [5, 5.41) is 20.1. The van der Waals surface area contributed by atoms with Crippen LogP contribution in [-0.2, 0) is 14.3 Å². The average Bonchev–Trinajstić information content (AvgIpc) is 3.41. The molecule has 1 aliphatic carbocycles. The predicted octanol–water partition coefficient (Wildman–Crippen LogP) is 4.87. The molecule has 2 aromatic carbocycles. The number of aliphatic hydroxyl groups is 1. The van der Waals surface area contributed by atoms with Crippen LogP contribution in [0.25, 0.3) is 6.08 Å². The Morgan fingerprint density at radius 1 is 1.06 bits per heavy atom. The van der Waals surface area contributed by atoms with Crippen molar-refractivity contribution in [3.05, 3.63) is 76.9 Å². The minimum atomic E-state index is -0.447. The first kappa shape index (κ1) is 24.5. The molecule has 2 amide bonds. The molecule has 0 saturated carbocycles. The maximum atomic E-state index is 13.5. The summed E-state index contributed by atoms with van der Waals surface area (Å²) in [6, 6.07) is 16.3. The molecule has 4 atom stereocenters. The topological polar surface area (TPSA) is 87.1 Å². The number of para-hydroxylation sites is 1. The molecule has 0 radical (unpaired) electrons. The first-order chi connectivity index (χ1) is 17.5. The maximum Gasteiger partial charge on any atom is 0.238 e. The molecule has 2 aliphatic heterocycles. The van der Waals surface area contributed by atoms with Crippen LogP contribution in [0.15, 0.2) is 71.3 Å². The zero-order valence-corrected chi connectivity index (χ0v) is 20.6. The number of hydrogen-bond acceptors (Lipinski definition) is 5. The molecular formula is C30H33NO5. The summed E-state index contributed by atoms with van der Waals surface area (Å²) in [6.07, 6.45) is 5.89. The first-order valence-electron chi connectivity index (χ1n) is 12.9. The lowest BCUT2D eigenvalue weighted by Gasteiger charge is -2.31. The summed E-state index contributed by atoms with van der Waals surface area (Å²) in [7, 11) is 0. The number of allylic oxidation sites excluding steroid dienone is 1. The van der Waals surface area contributed by atoms with Crippen molar-refractivity contribution in [3.8, 4) is 5.75 Å². The van der Waals surface area contributed by atoms with Gasteiger partial charge in [0.05, 0.1) is 36.8 Å². The number of carbonyl (C=O) groups is 2. The van der Waals surface area contributed by atoms with Crippen molar-refractivity contribution in [2.24, 2.45) is 17.8 Å². The number of aliphatic hydroxyl groups excluding tert-OH is 1. The van der Waals surface area contributed by atoms with Crippen LogP contribution in [0.1, 0.15) is 44.6 Å². The molecule has 2 aromatic rings. The molecule has 36 heavy (non-hydrogen) atoms. The third-order valence-corrected chi connectivity index (χ3v) is 7.75. The lowest BCUT2D eigenvalue weighted by Crippen LogP contribution is -2.35. The van der Waals surface area contributed by atoms with E-state index in [9.17, 15) is 19.8 Å². The molecule has 2 fully saturated rings. The van der Waals surface area contributed by atoms with E-state index in [1.807, 2.05) is 30.3 Å². The zero-order valence-electron chi connectivity index (χ0n) is 20.6. The summed E-state index contributed by atoms with van der Waals surface area (Å²) in [5.74, 6) is -1.15. The first-order valence-corrected chi connectivity index (χ1v) is 12.9. The van der Waals surface area contributed by atoms with Crippen molar-refractivity contribution >= 4 is 23.6 Å². The minimum absolute atomic E-state index is 0.122. The fourth-order valence-corrected chi connectivity index (χ4v) is 6.21. The number of benzene rings is 2. The third-order valence-electron chi connectivity index (χ3n) is 7.75. The van der Waals surface area contributed by atoms with Gasteiger partial charge in [0.25, 0.3) is 0 Å². The highest BCUT2D eigenvalue weighted by Crippen LogP contribution is 2.50. The van der Waals surface area contributed by atoms with Crippen molar-refractivity contribution in [1.82, 2.24) is 0 Å². The second-order valence-corrected chi connectivity index (χ2v) is 10.0. The number of anilines is 1. The zero-order chi connectivity index (χ0) is 25.2. The quantitative estimate of drug-likeness (QED) is 0.410. The van der Waals surface area contributed by atoms with E-state index in [0.29, 0.717) is 18.7 Å². The van der Waals surface area contributed by atoms with Crippen LogP contribution in [0.2, 0.25) is 0 Å². The number of fused-ring (bicyclic) bond motifs is 3. The lowest BCUT2D eigenvalue weighted by molar-refractivity contribution is -0.122. The largest absolute Gasteiger partial charge is 0.508 e. The molecule has 2 saturated heterocycles. The third kappa shape index (κ3) is 4.51. The molecule has 2 heterocycles. The highest BCUT2D eigenvalue weighted by atomic mass is 16.5. The standard InChI is InChI=1S/C30H33NO5/c1-2-7-19(14-20-8-6-11-23(33)15-20)12-13-26-27-21(17-32)16-24-28(25(27)18-36-26)30(35)31(29(24)34)22-9-4-3-5-10-22/h3-6,8-11,14-15,24-26,28,32-33H,2,7,12-13,16-18H2,1H3/b19-14+/t24-,25+,26-,28-/m1/s1. The van der Waals surface area contributed by atoms with Gasteiger partial charge in [-0.2, -0.15) is 0 Å². The van der Waals surface area contributed by atoms with E-state index in [0.717, 1.165) is 42.4 Å². The van der Waals surface area contributed by atoms with Gasteiger partial charge in [-0.25, -0.2) is 0 Å². The number of hydrogen-bond donors (Lipinski definition) is 2. The Kier molecular flexibility index (Phi) is 7.08. The summed E-state index contributed by atoms with van der Waals surface area (Å²) >= 11 is 0. The fraction of sp³-hybridized carbons (Fsp3) is 0.400. The van der Waals surface area contributed by atoms with Crippen LogP contribution < -0.4 is 4.90 Å². The molecule has 0 bridgehead atoms. The molecule has 2 N–H and O–H groups in total. The van der Waals surface area contributed by atoms with Gasteiger partial charge in [-0.1, -0.05) is 55.3 Å². The van der Waals surface area contributed by atoms with E-state index < -0.39 is 11.8 Å². The smallest absolute Gasteiger partial charge is 0.238 e. The summed E-state index contributed by atoms with van der Waals surface area (Å²) < 4.78 is 6.24. The normalized spacial score (nSPS) is 25.9. The fourth-order valence-electron chi connectivity index (χ4n) is 6.21. The Morgan fingerprint density at radius 3 is 2.58 bits per heavy atom. The Labute approximate surface area is 211 Å². The van der Waals surface area contributed by atoms with Crippen molar-refractivity contribution in [3.63, 3.8) is 0 Å². The van der Waals surface area contributed by atoms with E-state index in [-0.39, 0.29) is 36.2 Å². The second-order valence-electron chi connectivity index (χ2n) is 10.0. The van der Waals surface area contributed by atoms with Crippen LogP contribution in [0.5, 0.6) is 5.75 Å². The highest BCUT2D eigenvalue weighted by molar-refractivity contribution is 6.22. The SMILES string of the molecule is CCC/C(=C\c1cccc(O)c1)CC[C@H]1OC[C@H]2C1=C(CO)C[C@H]1C(=O)N(c3ccccc3)C(=O)[C@H]12. The van der Waals surface area contributed by atoms with Gasteiger partial charge in [0.2, 0.25) is 11.8 Å². The van der Waals surface area contributed by atoms with Gasteiger partial charge in [0.1, 0.15) is 5.75 Å². The van der Waals surface area contributed by atoms with Crippen molar-refractivity contribution in [1.29, 1.82) is 0 Å².